The molecule has 0 aliphatic rings. The summed E-state index contributed by atoms with van der Waals surface area (Å²) in [6.45, 7) is 8.92. The predicted molar refractivity (Wildman–Crippen MR) is 110 cm³/mol. The van der Waals surface area contributed by atoms with Gasteiger partial charge in [-0.15, -0.1) is 0 Å². The van der Waals surface area contributed by atoms with E-state index in [1.165, 1.54) is 0 Å². The number of ketones is 1. The Morgan fingerprint density at radius 2 is 1.74 bits per heavy atom. The molecule has 0 aliphatic heterocycles. The molecule has 3 aromatic rings. The Hall–Kier alpha value is -2.55. The van der Waals surface area contributed by atoms with Crippen LogP contribution in [0, 0.1) is 13.8 Å². The molecule has 27 heavy (non-hydrogen) atoms. The van der Waals surface area contributed by atoms with Gasteiger partial charge < -0.3 is 9.15 Å². The van der Waals surface area contributed by atoms with Gasteiger partial charge in [0.05, 0.1) is 12.2 Å². The minimum atomic E-state index is 0.0271. The number of para-hydroxylation sites is 1. The van der Waals surface area contributed by atoms with Crippen molar-refractivity contribution in [3.8, 4) is 5.75 Å². The van der Waals surface area contributed by atoms with Gasteiger partial charge in [-0.2, -0.15) is 0 Å². The third kappa shape index (κ3) is 3.92. The van der Waals surface area contributed by atoms with E-state index in [1.54, 1.807) is 0 Å². The number of fused-ring (bicyclic) bond motifs is 1. The van der Waals surface area contributed by atoms with Crippen molar-refractivity contribution in [2.75, 3.05) is 6.61 Å². The molecular weight excluding hydrogens is 336 g/mol. The van der Waals surface area contributed by atoms with E-state index < -0.39 is 0 Å². The maximum atomic E-state index is 13.4. The zero-order chi connectivity index (χ0) is 19.4. The fraction of sp³-hybridized carbons (Fsp3) is 0.375. The summed E-state index contributed by atoms with van der Waals surface area (Å²) in [5.41, 5.74) is 4.17. The predicted octanol–water partition coefficient (Wildman–Crippen LogP) is 6.41. The molecule has 0 saturated heterocycles. The van der Waals surface area contributed by atoms with Crippen LogP contribution in [-0.4, -0.2) is 12.4 Å². The highest BCUT2D eigenvalue weighted by Gasteiger charge is 2.22. The van der Waals surface area contributed by atoms with Crippen molar-refractivity contribution in [2.24, 2.45) is 0 Å². The Labute approximate surface area is 161 Å². The van der Waals surface area contributed by atoms with E-state index in [-0.39, 0.29) is 5.78 Å². The van der Waals surface area contributed by atoms with Gasteiger partial charge in [0.15, 0.2) is 5.78 Å². The summed E-state index contributed by atoms with van der Waals surface area (Å²) in [6, 6.07) is 11.7. The molecule has 0 fully saturated rings. The third-order valence-corrected chi connectivity index (χ3v) is 4.83. The second-order valence-corrected chi connectivity index (χ2v) is 7.12. The van der Waals surface area contributed by atoms with Gasteiger partial charge in [-0.05, 0) is 56.0 Å². The van der Waals surface area contributed by atoms with Crippen molar-refractivity contribution in [1.29, 1.82) is 0 Å². The highest BCUT2D eigenvalue weighted by molar-refractivity contribution is 6.17. The number of hydrogen-bond acceptors (Lipinski definition) is 3. The lowest BCUT2D eigenvalue weighted by Gasteiger charge is -2.13. The molecule has 2 aromatic carbocycles. The average Bonchev–Trinajstić information content (AvgIpc) is 3.03. The molecule has 3 heteroatoms. The number of carbonyl (C=O) groups is 1. The third-order valence-electron chi connectivity index (χ3n) is 4.83. The molecule has 1 aromatic heterocycles. The minimum Gasteiger partial charge on any atom is -0.493 e. The number of benzene rings is 2. The molecule has 0 atom stereocenters. The quantitative estimate of drug-likeness (QED) is 0.433. The van der Waals surface area contributed by atoms with Gasteiger partial charge in [-0.3, -0.25) is 4.79 Å². The summed E-state index contributed by atoms with van der Waals surface area (Å²) in [5, 5.41) is 0.898. The normalized spacial score (nSPS) is 11.1. The molecular formula is C24H28O3. The first-order valence-electron chi connectivity index (χ1n) is 9.85. The fourth-order valence-electron chi connectivity index (χ4n) is 3.52. The van der Waals surface area contributed by atoms with Crippen LogP contribution in [0.5, 0.6) is 5.75 Å². The van der Waals surface area contributed by atoms with Crippen molar-refractivity contribution in [3.05, 3.63) is 64.4 Å². The fourth-order valence-corrected chi connectivity index (χ4v) is 3.52. The van der Waals surface area contributed by atoms with Gasteiger partial charge >= 0.3 is 0 Å². The maximum absolute atomic E-state index is 13.4. The lowest BCUT2D eigenvalue weighted by atomic mass is 9.95. The Bertz CT molecular complexity index is 926. The number of aryl methyl sites for hydroxylation is 3. The molecule has 142 valence electrons. The van der Waals surface area contributed by atoms with Crippen molar-refractivity contribution < 1.29 is 13.9 Å². The number of ether oxygens (including phenoxy) is 1. The topological polar surface area (TPSA) is 39.4 Å². The molecule has 0 amide bonds. The Morgan fingerprint density at radius 3 is 2.41 bits per heavy atom. The number of carbonyl (C=O) groups excluding carboxylic acids is 1. The van der Waals surface area contributed by atoms with E-state index in [2.05, 4.69) is 13.8 Å². The van der Waals surface area contributed by atoms with Gasteiger partial charge in [-0.1, -0.05) is 38.5 Å². The molecule has 0 N–H and O–H groups in total. The molecule has 0 aliphatic carbocycles. The lowest BCUT2D eigenvalue weighted by Crippen LogP contribution is -2.07. The first kappa shape index (κ1) is 19.2. The van der Waals surface area contributed by atoms with E-state index in [0.29, 0.717) is 17.7 Å². The highest BCUT2D eigenvalue weighted by Crippen LogP contribution is 2.32. The molecule has 0 unspecified atom stereocenters. The van der Waals surface area contributed by atoms with Crippen molar-refractivity contribution in [3.63, 3.8) is 0 Å². The Balaban J connectivity index is 2.05. The van der Waals surface area contributed by atoms with Gasteiger partial charge in [0.25, 0.3) is 0 Å². The summed E-state index contributed by atoms with van der Waals surface area (Å²) in [4.78, 5) is 13.4. The van der Waals surface area contributed by atoms with Crippen LogP contribution < -0.4 is 4.74 Å². The summed E-state index contributed by atoms with van der Waals surface area (Å²) in [7, 11) is 0. The van der Waals surface area contributed by atoms with E-state index in [0.717, 1.165) is 59.3 Å². The van der Waals surface area contributed by atoms with Crippen molar-refractivity contribution >= 4 is 16.8 Å². The maximum Gasteiger partial charge on any atom is 0.197 e. The van der Waals surface area contributed by atoms with Gasteiger partial charge in [0.2, 0.25) is 0 Å². The van der Waals surface area contributed by atoms with Crippen LogP contribution in [0.4, 0.5) is 0 Å². The molecule has 0 saturated carbocycles. The molecule has 3 nitrogen and oxygen atoms in total. The van der Waals surface area contributed by atoms with Crippen molar-refractivity contribution in [2.45, 2.75) is 53.4 Å². The largest absolute Gasteiger partial charge is 0.493 e. The summed E-state index contributed by atoms with van der Waals surface area (Å²) < 4.78 is 11.9. The van der Waals surface area contributed by atoms with Crippen LogP contribution in [0.2, 0.25) is 0 Å². The second kappa shape index (κ2) is 8.43. The number of unbranched alkanes of at least 4 members (excludes halogenated alkanes) is 1. The zero-order valence-corrected chi connectivity index (χ0v) is 16.7. The number of furan rings is 1. The van der Waals surface area contributed by atoms with Gasteiger partial charge in [0.1, 0.15) is 17.1 Å². The van der Waals surface area contributed by atoms with Gasteiger partial charge in [0, 0.05) is 17.4 Å². The van der Waals surface area contributed by atoms with Crippen LogP contribution in [-0.2, 0) is 6.42 Å². The molecule has 1 heterocycles. The molecule has 0 radical (unpaired) electrons. The van der Waals surface area contributed by atoms with Crippen LogP contribution >= 0.6 is 0 Å². The summed E-state index contributed by atoms with van der Waals surface area (Å²) in [5.74, 6) is 1.71. The molecule has 0 spiro atoms. The molecule has 3 rings (SSSR count). The summed E-state index contributed by atoms with van der Waals surface area (Å²) >= 11 is 0. The zero-order valence-electron chi connectivity index (χ0n) is 16.7. The SMILES string of the molecule is CCCCc1oc2ccccc2c1C(=O)c1cc(C)c(OCCC)c(C)c1. The Kier molecular flexibility index (Phi) is 6.00. The van der Waals surface area contributed by atoms with Gasteiger partial charge in [-0.25, -0.2) is 0 Å². The average molecular weight is 364 g/mol. The highest BCUT2D eigenvalue weighted by atomic mass is 16.5. The van der Waals surface area contributed by atoms with Crippen LogP contribution in [0.25, 0.3) is 11.0 Å². The van der Waals surface area contributed by atoms with E-state index in [4.69, 9.17) is 9.15 Å². The van der Waals surface area contributed by atoms with E-state index in [9.17, 15) is 4.79 Å². The van der Waals surface area contributed by atoms with E-state index in [1.807, 2.05) is 50.2 Å². The smallest absolute Gasteiger partial charge is 0.197 e. The Morgan fingerprint density at radius 1 is 1.04 bits per heavy atom. The van der Waals surface area contributed by atoms with Crippen molar-refractivity contribution in [1.82, 2.24) is 0 Å². The lowest BCUT2D eigenvalue weighted by molar-refractivity contribution is 0.103. The summed E-state index contributed by atoms with van der Waals surface area (Å²) in [6.07, 6.45) is 3.80. The van der Waals surface area contributed by atoms with Crippen LogP contribution in [0.15, 0.2) is 40.8 Å². The first-order valence-corrected chi connectivity index (χ1v) is 9.85. The molecule has 0 bridgehead atoms. The second-order valence-electron chi connectivity index (χ2n) is 7.12. The minimum absolute atomic E-state index is 0.0271. The van der Waals surface area contributed by atoms with Crippen LogP contribution in [0.3, 0.4) is 0 Å². The number of rotatable bonds is 8. The monoisotopic (exact) mass is 364 g/mol. The standard InChI is InChI=1S/C24H28O3/c1-5-7-11-21-22(19-10-8-9-12-20(19)27-21)23(25)18-14-16(3)24(17(4)15-18)26-13-6-2/h8-10,12,14-15H,5-7,11,13H2,1-4H3. The van der Waals surface area contributed by atoms with E-state index >= 15 is 0 Å². The van der Waals surface area contributed by atoms with Crippen LogP contribution in [0.1, 0.15) is 65.9 Å². The first-order chi connectivity index (χ1) is 13.1. The number of hydrogen-bond donors (Lipinski definition) is 0.